The number of nitrogens with one attached hydrogen (secondary N) is 1. The van der Waals surface area contributed by atoms with E-state index in [0.717, 1.165) is 40.8 Å². The van der Waals surface area contributed by atoms with E-state index < -0.39 is 17.9 Å². The summed E-state index contributed by atoms with van der Waals surface area (Å²) in [6, 6.07) is 11.1. The number of aromatic amines is 1. The van der Waals surface area contributed by atoms with Gasteiger partial charge >= 0.3 is 5.97 Å². The Balaban J connectivity index is 1.78. The molecule has 38 heavy (non-hydrogen) atoms. The molecule has 2 N–H and O–H groups in total. The van der Waals surface area contributed by atoms with Crippen LogP contribution in [-0.4, -0.2) is 78.9 Å². The van der Waals surface area contributed by atoms with Crippen LogP contribution in [0.4, 0.5) is 14.5 Å². The SMILES string of the molecule is Cc1c(N(C)CCN(C)CCCF)ccc(F)c1C1c2[nH]c3ccccc3c2C[C@@H](C)N1CC(C)C(=O)O. The van der Waals surface area contributed by atoms with Crippen LogP contribution in [0.5, 0.6) is 0 Å². The summed E-state index contributed by atoms with van der Waals surface area (Å²) in [4.78, 5) is 21.8. The van der Waals surface area contributed by atoms with Crippen LogP contribution in [0.1, 0.15) is 48.7 Å². The highest BCUT2D eigenvalue weighted by molar-refractivity contribution is 5.85. The summed E-state index contributed by atoms with van der Waals surface area (Å²) >= 11 is 0. The zero-order valence-electron chi connectivity index (χ0n) is 23.1. The Morgan fingerprint density at radius 1 is 1.18 bits per heavy atom. The van der Waals surface area contributed by atoms with Crippen molar-refractivity contribution in [3.63, 3.8) is 0 Å². The lowest BCUT2D eigenvalue weighted by atomic mass is 9.85. The molecule has 0 saturated heterocycles. The number of aromatic nitrogens is 1. The average Bonchev–Trinajstić information content (AvgIpc) is 3.25. The molecule has 2 aromatic carbocycles. The molecule has 4 rings (SSSR count). The van der Waals surface area contributed by atoms with E-state index in [2.05, 4.69) is 32.7 Å². The van der Waals surface area contributed by atoms with E-state index in [4.69, 9.17) is 0 Å². The lowest BCUT2D eigenvalue weighted by Crippen LogP contribution is -2.46. The maximum absolute atomic E-state index is 15.9. The number of para-hydroxylation sites is 1. The first-order valence-corrected chi connectivity index (χ1v) is 13.5. The summed E-state index contributed by atoms with van der Waals surface area (Å²) in [7, 11) is 3.98. The molecule has 8 heteroatoms. The van der Waals surface area contributed by atoms with Crippen molar-refractivity contribution in [2.24, 2.45) is 5.92 Å². The number of H-pyrrole nitrogens is 1. The molecule has 3 aromatic rings. The first-order valence-electron chi connectivity index (χ1n) is 13.5. The molecule has 1 aromatic heterocycles. The van der Waals surface area contributed by atoms with Gasteiger partial charge in [0.25, 0.3) is 0 Å². The molecule has 0 fully saturated rings. The van der Waals surface area contributed by atoms with Gasteiger partial charge < -0.3 is 19.9 Å². The van der Waals surface area contributed by atoms with Crippen LogP contribution in [0, 0.1) is 18.7 Å². The molecule has 0 saturated carbocycles. The molecule has 0 spiro atoms. The van der Waals surface area contributed by atoms with Gasteiger partial charge in [0.1, 0.15) is 5.82 Å². The maximum Gasteiger partial charge on any atom is 0.307 e. The second kappa shape index (κ2) is 11.8. The van der Waals surface area contributed by atoms with Gasteiger partial charge in [-0.2, -0.15) is 0 Å². The van der Waals surface area contributed by atoms with Crippen molar-refractivity contribution >= 4 is 22.6 Å². The number of carbonyl (C=O) groups is 1. The van der Waals surface area contributed by atoms with Crippen LogP contribution in [0.2, 0.25) is 0 Å². The van der Waals surface area contributed by atoms with Crippen LogP contribution in [0.3, 0.4) is 0 Å². The highest BCUT2D eigenvalue weighted by Gasteiger charge is 2.39. The van der Waals surface area contributed by atoms with Gasteiger partial charge in [-0.15, -0.1) is 0 Å². The fourth-order valence-corrected chi connectivity index (χ4v) is 5.81. The lowest BCUT2D eigenvalue weighted by molar-refractivity contribution is -0.142. The van der Waals surface area contributed by atoms with Crippen LogP contribution in [-0.2, 0) is 11.2 Å². The molecule has 2 unspecified atom stereocenters. The number of carboxylic acids is 1. The Hall–Kier alpha value is -2.97. The summed E-state index contributed by atoms with van der Waals surface area (Å²) in [6.45, 7) is 7.92. The summed E-state index contributed by atoms with van der Waals surface area (Å²) < 4.78 is 28.4. The van der Waals surface area contributed by atoms with Crippen LogP contribution < -0.4 is 4.90 Å². The Morgan fingerprint density at radius 2 is 1.92 bits per heavy atom. The van der Waals surface area contributed by atoms with Crippen molar-refractivity contribution in [3.05, 3.63) is 64.6 Å². The second-order valence-electron chi connectivity index (χ2n) is 10.8. The minimum atomic E-state index is -0.860. The number of benzene rings is 2. The monoisotopic (exact) mass is 526 g/mol. The molecule has 1 aliphatic heterocycles. The number of fused-ring (bicyclic) bond motifs is 3. The quantitative estimate of drug-likeness (QED) is 0.350. The predicted octanol–water partition coefficient (Wildman–Crippen LogP) is 5.40. The van der Waals surface area contributed by atoms with Gasteiger partial charge in [0.15, 0.2) is 0 Å². The zero-order valence-corrected chi connectivity index (χ0v) is 23.1. The predicted molar refractivity (Wildman–Crippen MR) is 149 cm³/mol. The van der Waals surface area contributed by atoms with E-state index in [9.17, 15) is 14.3 Å². The summed E-state index contributed by atoms with van der Waals surface area (Å²) in [5, 5.41) is 10.8. The summed E-state index contributed by atoms with van der Waals surface area (Å²) in [5.74, 6) is -1.75. The molecule has 1 aliphatic rings. The largest absolute Gasteiger partial charge is 0.481 e. The first kappa shape index (κ1) is 28.0. The topological polar surface area (TPSA) is 62.8 Å². The minimum Gasteiger partial charge on any atom is -0.481 e. The summed E-state index contributed by atoms with van der Waals surface area (Å²) in [5.41, 5.74) is 5.47. The van der Waals surface area contributed by atoms with E-state index >= 15 is 4.39 Å². The highest BCUT2D eigenvalue weighted by atomic mass is 19.1. The smallest absolute Gasteiger partial charge is 0.307 e. The van der Waals surface area contributed by atoms with Crippen molar-refractivity contribution in [3.8, 4) is 0 Å². The standard InChI is InChI=1S/C30H40F2N4O2/c1-19(30(37)38)18-36-20(2)17-23-22-9-6-7-10-25(22)33-28(23)29(36)27-21(3)26(12-11-24(27)32)35(5)16-15-34(4)14-8-13-31/h6-7,9-12,19-20,29,33H,8,13-18H2,1-5H3,(H,37,38)/t19?,20-,29?/m1/s1. The van der Waals surface area contributed by atoms with Gasteiger partial charge in [0.05, 0.1) is 18.6 Å². The second-order valence-corrected chi connectivity index (χ2v) is 10.8. The molecule has 0 bridgehead atoms. The van der Waals surface area contributed by atoms with Gasteiger partial charge in [0.2, 0.25) is 0 Å². The fourth-order valence-electron chi connectivity index (χ4n) is 5.81. The number of hydrogen-bond donors (Lipinski definition) is 2. The number of carboxylic acid groups (broad SMARTS) is 1. The Morgan fingerprint density at radius 3 is 2.63 bits per heavy atom. The number of alkyl halides is 1. The van der Waals surface area contributed by atoms with Crippen molar-refractivity contribution < 1.29 is 18.7 Å². The molecule has 2 heterocycles. The fraction of sp³-hybridized carbons (Fsp3) is 0.500. The molecular formula is C30H40F2N4O2. The van der Waals surface area contributed by atoms with E-state index in [-0.39, 0.29) is 18.5 Å². The molecular weight excluding hydrogens is 486 g/mol. The minimum absolute atomic E-state index is 0.0258. The molecule has 3 atom stereocenters. The van der Waals surface area contributed by atoms with Crippen molar-refractivity contribution in [2.45, 2.75) is 45.7 Å². The van der Waals surface area contributed by atoms with E-state index in [0.29, 0.717) is 31.6 Å². The molecule has 0 aliphatic carbocycles. The molecule has 206 valence electrons. The van der Waals surface area contributed by atoms with Gasteiger partial charge in [-0.25, -0.2) is 4.39 Å². The van der Waals surface area contributed by atoms with E-state index in [1.54, 1.807) is 6.92 Å². The number of rotatable bonds is 11. The van der Waals surface area contributed by atoms with Gasteiger partial charge in [0, 0.05) is 67.1 Å². The Labute approximate surface area is 224 Å². The third kappa shape index (κ3) is 5.57. The lowest BCUT2D eigenvalue weighted by Gasteiger charge is -2.42. The zero-order chi connectivity index (χ0) is 27.6. The third-order valence-corrected chi connectivity index (χ3v) is 8.03. The highest BCUT2D eigenvalue weighted by Crippen LogP contribution is 2.44. The number of nitrogens with zero attached hydrogens (tertiary/aromatic N) is 3. The molecule has 0 radical (unpaired) electrons. The average molecular weight is 527 g/mol. The third-order valence-electron chi connectivity index (χ3n) is 8.03. The van der Waals surface area contributed by atoms with Crippen LogP contribution in [0.25, 0.3) is 10.9 Å². The number of anilines is 1. The van der Waals surface area contributed by atoms with Crippen LogP contribution in [0.15, 0.2) is 36.4 Å². The van der Waals surface area contributed by atoms with Gasteiger partial charge in [-0.3, -0.25) is 14.1 Å². The first-order chi connectivity index (χ1) is 18.1. The van der Waals surface area contributed by atoms with E-state index in [1.807, 2.05) is 45.3 Å². The van der Waals surface area contributed by atoms with Gasteiger partial charge in [-0.05, 0) is 63.1 Å². The summed E-state index contributed by atoms with van der Waals surface area (Å²) in [6.07, 6.45) is 1.27. The van der Waals surface area contributed by atoms with Crippen molar-refractivity contribution in [2.75, 3.05) is 51.8 Å². The van der Waals surface area contributed by atoms with Gasteiger partial charge in [-0.1, -0.05) is 25.1 Å². The van der Waals surface area contributed by atoms with E-state index in [1.165, 1.54) is 11.6 Å². The number of likely N-dealkylation sites (N-methyl/N-ethyl adjacent to an activating group) is 2. The Bertz CT molecular complexity index is 1280. The molecule has 6 nitrogen and oxygen atoms in total. The van der Waals surface area contributed by atoms with Crippen LogP contribution >= 0.6 is 0 Å². The normalized spacial score (nSPS) is 18.6. The number of hydrogen-bond acceptors (Lipinski definition) is 4. The number of halogens is 2. The Kier molecular flexibility index (Phi) is 8.73. The molecule has 0 amide bonds. The van der Waals surface area contributed by atoms with Crippen molar-refractivity contribution in [1.29, 1.82) is 0 Å². The number of aliphatic carboxylic acids is 1. The maximum atomic E-state index is 15.9. The van der Waals surface area contributed by atoms with Crippen molar-refractivity contribution in [1.82, 2.24) is 14.8 Å².